The summed E-state index contributed by atoms with van der Waals surface area (Å²) in [5.41, 5.74) is 0.287. The summed E-state index contributed by atoms with van der Waals surface area (Å²) in [7, 11) is 0. The number of carbonyl (C=O) groups excluding carboxylic acids is 2. The number of rotatable bonds is 4. The molecule has 3 unspecified atom stereocenters. The van der Waals surface area contributed by atoms with Gasteiger partial charge in [0, 0.05) is 12.1 Å². The molecule has 1 heterocycles. The fraction of sp³-hybridized carbons (Fsp3) is 0.471. The third-order valence-electron chi connectivity index (χ3n) is 5.05. The topological polar surface area (TPSA) is 86.7 Å². The molecule has 1 aromatic carbocycles. The number of nitrogens with zero attached hydrogens (tertiary/aromatic N) is 1. The fourth-order valence-corrected chi connectivity index (χ4v) is 4.17. The summed E-state index contributed by atoms with van der Waals surface area (Å²) in [6, 6.07) is 3.64. The van der Waals surface area contributed by atoms with E-state index in [1.807, 2.05) is 0 Å². The first kappa shape index (κ1) is 18.0. The Morgan fingerprint density at radius 2 is 1.96 bits per heavy atom. The van der Waals surface area contributed by atoms with E-state index in [2.05, 4.69) is 5.32 Å². The number of carboxylic acids is 1. The maximum absolute atomic E-state index is 12.4. The molecule has 134 valence electrons. The van der Waals surface area contributed by atoms with E-state index < -0.39 is 17.9 Å². The van der Waals surface area contributed by atoms with Gasteiger partial charge in [-0.3, -0.25) is 9.59 Å². The number of hydrogen-bond donors (Lipinski definition) is 2. The van der Waals surface area contributed by atoms with Gasteiger partial charge in [0.1, 0.15) is 6.04 Å². The Balaban J connectivity index is 1.63. The van der Waals surface area contributed by atoms with E-state index in [1.165, 1.54) is 23.1 Å². The van der Waals surface area contributed by atoms with Gasteiger partial charge in [-0.05, 0) is 42.9 Å². The van der Waals surface area contributed by atoms with Crippen LogP contribution in [0.1, 0.15) is 29.6 Å². The van der Waals surface area contributed by atoms with Crippen molar-refractivity contribution in [1.29, 1.82) is 0 Å². The van der Waals surface area contributed by atoms with Crippen molar-refractivity contribution in [2.45, 2.75) is 25.3 Å². The molecule has 1 aliphatic heterocycles. The monoisotopic (exact) mass is 384 g/mol. The number of aliphatic carboxylic acids is 1. The lowest BCUT2D eigenvalue weighted by Crippen LogP contribution is -2.47. The highest BCUT2D eigenvalue weighted by molar-refractivity contribution is 6.42. The number of benzene rings is 1. The summed E-state index contributed by atoms with van der Waals surface area (Å²) in [6.45, 7) is 0.200. The van der Waals surface area contributed by atoms with Gasteiger partial charge in [0.25, 0.3) is 5.91 Å². The molecule has 0 radical (unpaired) electrons. The largest absolute Gasteiger partial charge is 0.480 e. The molecule has 8 heteroatoms. The van der Waals surface area contributed by atoms with Gasteiger partial charge in [-0.15, -0.1) is 0 Å². The highest BCUT2D eigenvalue weighted by atomic mass is 35.5. The lowest BCUT2D eigenvalue weighted by molar-refractivity contribution is -0.149. The van der Waals surface area contributed by atoms with Crippen molar-refractivity contribution in [3.05, 3.63) is 33.8 Å². The Morgan fingerprint density at radius 3 is 2.64 bits per heavy atom. The van der Waals surface area contributed by atoms with Crippen LogP contribution in [0.4, 0.5) is 0 Å². The summed E-state index contributed by atoms with van der Waals surface area (Å²) in [5.74, 6) is -1.55. The molecule has 3 rings (SSSR count). The first-order chi connectivity index (χ1) is 11.9. The Kier molecular flexibility index (Phi) is 5.20. The second kappa shape index (κ2) is 7.22. The smallest absolute Gasteiger partial charge is 0.326 e. The lowest BCUT2D eigenvalue weighted by Gasteiger charge is -2.24. The van der Waals surface area contributed by atoms with E-state index in [9.17, 15) is 19.5 Å². The molecule has 1 saturated carbocycles. The molecule has 0 aromatic heterocycles. The Morgan fingerprint density at radius 1 is 1.20 bits per heavy atom. The second-order valence-corrected chi connectivity index (χ2v) is 7.31. The molecule has 1 aliphatic carbocycles. The maximum atomic E-state index is 12.4. The first-order valence-electron chi connectivity index (χ1n) is 8.14. The first-order valence-corrected chi connectivity index (χ1v) is 8.89. The van der Waals surface area contributed by atoms with Crippen molar-refractivity contribution in [2.24, 2.45) is 11.8 Å². The van der Waals surface area contributed by atoms with E-state index in [4.69, 9.17) is 23.2 Å². The number of likely N-dealkylation sites (tertiary alicyclic amines) is 1. The Labute approximate surface area is 155 Å². The normalized spacial score (nSPS) is 24.9. The summed E-state index contributed by atoms with van der Waals surface area (Å²) in [6.07, 6.45) is 2.80. The molecular weight excluding hydrogens is 367 g/mol. The van der Waals surface area contributed by atoms with Crippen LogP contribution in [0.2, 0.25) is 10.0 Å². The minimum absolute atomic E-state index is 0.0206. The van der Waals surface area contributed by atoms with Crippen molar-refractivity contribution in [1.82, 2.24) is 10.2 Å². The van der Waals surface area contributed by atoms with Crippen LogP contribution in [0.5, 0.6) is 0 Å². The number of carbonyl (C=O) groups is 3. The van der Waals surface area contributed by atoms with Gasteiger partial charge in [-0.25, -0.2) is 4.79 Å². The molecular formula is C17H18Cl2N2O4. The van der Waals surface area contributed by atoms with Gasteiger partial charge >= 0.3 is 5.97 Å². The van der Waals surface area contributed by atoms with Crippen LogP contribution in [0.25, 0.3) is 0 Å². The molecule has 2 fully saturated rings. The molecule has 1 saturated heterocycles. The molecule has 2 N–H and O–H groups in total. The highest BCUT2D eigenvalue weighted by Gasteiger charge is 2.49. The van der Waals surface area contributed by atoms with Gasteiger partial charge < -0.3 is 15.3 Å². The van der Waals surface area contributed by atoms with Gasteiger partial charge in [-0.2, -0.15) is 0 Å². The fourth-order valence-electron chi connectivity index (χ4n) is 3.88. The van der Waals surface area contributed by atoms with Gasteiger partial charge in [0.05, 0.1) is 16.6 Å². The van der Waals surface area contributed by atoms with E-state index in [1.54, 1.807) is 0 Å². The predicted molar refractivity (Wildman–Crippen MR) is 92.8 cm³/mol. The summed E-state index contributed by atoms with van der Waals surface area (Å²) < 4.78 is 0. The van der Waals surface area contributed by atoms with Crippen LogP contribution < -0.4 is 5.32 Å². The third kappa shape index (κ3) is 3.60. The van der Waals surface area contributed by atoms with E-state index in [0.29, 0.717) is 11.6 Å². The highest BCUT2D eigenvalue weighted by Crippen LogP contribution is 2.42. The summed E-state index contributed by atoms with van der Waals surface area (Å²) in [5, 5.41) is 12.6. The maximum Gasteiger partial charge on any atom is 0.326 e. The van der Waals surface area contributed by atoms with Gasteiger partial charge in [-0.1, -0.05) is 29.6 Å². The lowest BCUT2D eigenvalue weighted by atomic mass is 9.94. The molecule has 2 amide bonds. The van der Waals surface area contributed by atoms with Crippen LogP contribution >= 0.6 is 23.2 Å². The van der Waals surface area contributed by atoms with E-state index in [0.717, 1.165) is 19.3 Å². The van der Waals surface area contributed by atoms with Crippen LogP contribution in [0.3, 0.4) is 0 Å². The van der Waals surface area contributed by atoms with Crippen LogP contribution in [0, 0.1) is 11.8 Å². The quantitative estimate of drug-likeness (QED) is 0.834. The summed E-state index contributed by atoms with van der Waals surface area (Å²) >= 11 is 11.7. The summed E-state index contributed by atoms with van der Waals surface area (Å²) in [4.78, 5) is 37.6. The standard InChI is InChI=1S/C17H18Cl2N2O4/c18-12-5-4-9(6-13(12)19)16(23)20-7-14(22)21-8-10-2-1-3-11(10)15(21)17(24)25/h4-6,10-11,15H,1-3,7-8H2,(H,20,23)(H,24,25). The molecule has 0 bridgehead atoms. The van der Waals surface area contributed by atoms with E-state index in [-0.39, 0.29) is 34.9 Å². The van der Waals surface area contributed by atoms with Crippen molar-refractivity contribution in [3.8, 4) is 0 Å². The molecule has 6 nitrogen and oxygen atoms in total. The molecule has 2 aliphatic rings. The van der Waals surface area contributed by atoms with Crippen molar-refractivity contribution in [2.75, 3.05) is 13.1 Å². The predicted octanol–water partition coefficient (Wildman–Crippen LogP) is 2.43. The molecule has 0 spiro atoms. The minimum atomic E-state index is -0.974. The van der Waals surface area contributed by atoms with Crippen molar-refractivity contribution >= 4 is 41.0 Å². The second-order valence-electron chi connectivity index (χ2n) is 6.50. The van der Waals surface area contributed by atoms with Crippen molar-refractivity contribution < 1.29 is 19.5 Å². The minimum Gasteiger partial charge on any atom is -0.480 e. The zero-order valence-corrected chi connectivity index (χ0v) is 14.9. The molecule has 3 atom stereocenters. The number of hydrogen-bond acceptors (Lipinski definition) is 3. The van der Waals surface area contributed by atoms with Crippen LogP contribution in [0.15, 0.2) is 18.2 Å². The number of amides is 2. The number of fused-ring (bicyclic) bond motifs is 1. The molecule has 1 aromatic rings. The Hall–Kier alpha value is -1.79. The zero-order chi connectivity index (χ0) is 18.1. The third-order valence-corrected chi connectivity index (χ3v) is 5.78. The van der Waals surface area contributed by atoms with E-state index >= 15 is 0 Å². The number of carboxylic acid groups (broad SMARTS) is 1. The average molecular weight is 385 g/mol. The number of nitrogens with one attached hydrogen (secondary N) is 1. The average Bonchev–Trinajstić information content (AvgIpc) is 3.15. The Bertz CT molecular complexity index is 725. The van der Waals surface area contributed by atoms with Gasteiger partial charge in [0.2, 0.25) is 5.91 Å². The zero-order valence-electron chi connectivity index (χ0n) is 13.4. The SMILES string of the molecule is O=C(NCC(=O)N1CC2CCCC2C1C(=O)O)c1ccc(Cl)c(Cl)c1. The van der Waals surface area contributed by atoms with Gasteiger partial charge in [0.15, 0.2) is 0 Å². The molecule has 25 heavy (non-hydrogen) atoms. The van der Waals surface area contributed by atoms with Crippen LogP contribution in [-0.2, 0) is 9.59 Å². The van der Waals surface area contributed by atoms with Crippen LogP contribution in [-0.4, -0.2) is 46.9 Å². The number of halogens is 2. The van der Waals surface area contributed by atoms with Crippen molar-refractivity contribution in [3.63, 3.8) is 0 Å².